The van der Waals surface area contributed by atoms with Crippen molar-refractivity contribution in [1.29, 1.82) is 0 Å². The number of amides is 1. The largest absolute Gasteiger partial charge is 0.337 e. The van der Waals surface area contributed by atoms with E-state index < -0.39 is 0 Å². The van der Waals surface area contributed by atoms with Crippen LogP contribution in [0.4, 0.5) is 4.79 Å². The van der Waals surface area contributed by atoms with E-state index in [-0.39, 0.29) is 5.24 Å². The minimum absolute atomic E-state index is 0.115. The van der Waals surface area contributed by atoms with E-state index in [1.165, 1.54) is 32.1 Å². The molecule has 0 aliphatic heterocycles. The average Bonchev–Trinajstić information content (AvgIpc) is 2.15. The molecule has 1 amide bonds. The van der Waals surface area contributed by atoms with Crippen molar-refractivity contribution in [3.8, 4) is 0 Å². The molecule has 0 spiro atoms. The molecule has 76 valence electrons. The second-order valence-electron chi connectivity index (χ2n) is 4.00. The first-order valence-electron chi connectivity index (χ1n) is 5.14. The summed E-state index contributed by atoms with van der Waals surface area (Å²) in [5.74, 6) is 0.851. The molecule has 1 rings (SSSR count). The van der Waals surface area contributed by atoms with E-state index in [1.54, 1.807) is 4.90 Å². The molecule has 0 atom stereocenters. The van der Waals surface area contributed by atoms with E-state index in [9.17, 15) is 4.79 Å². The molecule has 13 heavy (non-hydrogen) atoms. The molecule has 1 aliphatic rings. The summed E-state index contributed by atoms with van der Waals surface area (Å²) < 4.78 is 0. The lowest BCUT2D eigenvalue weighted by molar-refractivity contribution is 0.226. The smallest absolute Gasteiger partial charge is 0.278 e. The van der Waals surface area contributed by atoms with Gasteiger partial charge in [-0.15, -0.1) is 0 Å². The normalized spacial score (nSPS) is 18.6. The third kappa shape index (κ3) is 4.03. The van der Waals surface area contributed by atoms with Gasteiger partial charge in [-0.25, -0.2) is 0 Å². The van der Waals surface area contributed by atoms with Gasteiger partial charge in [0.2, 0.25) is 0 Å². The monoisotopic (exact) mass is 201 g/mol. The van der Waals surface area contributed by atoms with E-state index >= 15 is 0 Å². The lowest BCUT2D eigenvalue weighted by atomic mass is 9.87. The quantitative estimate of drug-likeness (QED) is 0.696. The Morgan fingerprint density at radius 3 is 2.54 bits per heavy atom. The summed E-state index contributed by atoms with van der Waals surface area (Å²) in [5, 5.41) is -0.115. The van der Waals surface area contributed by atoms with Gasteiger partial charge in [-0.2, -0.15) is 0 Å². The lowest BCUT2D eigenvalue weighted by Gasteiger charge is -2.23. The van der Waals surface area contributed by atoms with Crippen LogP contribution in [0.15, 0.2) is 0 Å². The van der Waals surface area contributed by atoms with Gasteiger partial charge < -0.3 is 4.90 Å². The van der Waals surface area contributed by atoms with Crippen LogP contribution in [-0.2, 0) is 0 Å². The minimum atomic E-state index is -0.115. The van der Waals surface area contributed by atoms with Crippen LogP contribution in [0.2, 0.25) is 0 Å². The van der Waals surface area contributed by atoms with Gasteiger partial charge in [0.15, 0.2) is 0 Å². The molecule has 0 heterocycles. The predicted molar refractivity (Wildman–Crippen MR) is 58.2 cm³/mol. The second kappa shape index (κ2) is 5.53. The van der Waals surface area contributed by atoms with Crippen molar-refractivity contribution < 1.29 is 4.79 Å². The third-order valence-electron chi connectivity index (χ3n) is 2.92. The van der Waals surface area contributed by atoms with Crippen molar-refractivity contribution in [3.05, 3.63) is 0 Å². The van der Waals surface area contributed by atoms with Crippen LogP contribution in [0.5, 0.6) is 0 Å². The average molecular weight is 201 g/mol. The van der Waals surface area contributed by atoms with Gasteiger partial charge in [0.25, 0.3) is 5.24 Å². The molecule has 0 aromatic carbocycles. The van der Waals surface area contributed by atoms with Gasteiger partial charge in [0, 0.05) is 13.6 Å². The maximum Gasteiger partial charge on any atom is 0.278 e. The predicted octanol–water partition coefficient (Wildman–Crippen LogP) is 2.94. The number of carbonyl (C=O) groups is 1. The fourth-order valence-electron chi connectivity index (χ4n) is 1.95. The summed E-state index contributed by atoms with van der Waals surface area (Å²) >= 11 is 3.78. The molecular weight excluding hydrogens is 182 g/mol. The molecular formula is C10H19NOS. The standard InChI is InChI=1S/C10H19NOS/c1-11(10(12)13)8-7-9-5-3-2-4-6-9/h9H,2-8H2,1H3,(H,12,13). The molecule has 0 N–H and O–H groups in total. The van der Waals surface area contributed by atoms with E-state index in [2.05, 4.69) is 12.6 Å². The lowest BCUT2D eigenvalue weighted by Crippen LogP contribution is -2.24. The molecule has 0 unspecified atom stereocenters. The highest BCUT2D eigenvalue weighted by Gasteiger charge is 2.14. The Morgan fingerprint density at radius 2 is 2.00 bits per heavy atom. The number of rotatable bonds is 3. The van der Waals surface area contributed by atoms with Gasteiger partial charge >= 0.3 is 0 Å². The fraction of sp³-hybridized carbons (Fsp3) is 0.900. The highest BCUT2D eigenvalue weighted by molar-refractivity contribution is 7.96. The zero-order valence-corrected chi connectivity index (χ0v) is 9.22. The Labute approximate surface area is 86.1 Å². The molecule has 0 bridgehead atoms. The number of nitrogens with zero attached hydrogens (tertiary/aromatic N) is 1. The molecule has 1 saturated carbocycles. The van der Waals surface area contributed by atoms with Crippen LogP contribution in [-0.4, -0.2) is 23.7 Å². The van der Waals surface area contributed by atoms with Crippen molar-refractivity contribution in [2.45, 2.75) is 38.5 Å². The zero-order valence-electron chi connectivity index (χ0n) is 8.33. The van der Waals surface area contributed by atoms with E-state index in [0.29, 0.717) is 0 Å². The molecule has 1 fully saturated rings. The Morgan fingerprint density at radius 1 is 1.38 bits per heavy atom. The van der Waals surface area contributed by atoms with Crippen molar-refractivity contribution >= 4 is 17.9 Å². The summed E-state index contributed by atoms with van der Waals surface area (Å²) in [6, 6.07) is 0. The van der Waals surface area contributed by atoms with Crippen LogP contribution >= 0.6 is 12.6 Å². The Kier molecular flexibility index (Phi) is 4.64. The molecule has 3 heteroatoms. The summed E-state index contributed by atoms with van der Waals surface area (Å²) in [6.07, 6.45) is 8.02. The summed E-state index contributed by atoms with van der Waals surface area (Å²) in [6.45, 7) is 0.868. The topological polar surface area (TPSA) is 20.3 Å². The first-order valence-corrected chi connectivity index (χ1v) is 5.59. The highest BCUT2D eigenvalue weighted by Crippen LogP contribution is 2.26. The SMILES string of the molecule is CN(CCC1CCCCC1)C(=O)S. The van der Waals surface area contributed by atoms with E-state index in [4.69, 9.17) is 0 Å². The number of thiol groups is 1. The van der Waals surface area contributed by atoms with Gasteiger partial charge in [0.1, 0.15) is 0 Å². The van der Waals surface area contributed by atoms with Crippen LogP contribution in [0.3, 0.4) is 0 Å². The molecule has 0 aromatic rings. The first kappa shape index (κ1) is 10.9. The van der Waals surface area contributed by atoms with Crippen molar-refractivity contribution in [1.82, 2.24) is 4.90 Å². The fourth-order valence-corrected chi connectivity index (χ4v) is 2.05. The van der Waals surface area contributed by atoms with Crippen LogP contribution in [0, 0.1) is 5.92 Å². The second-order valence-corrected chi connectivity index (χ2v) is 4.38. The van der Waals surface area contributed by atoms with Crippen molar-refractivity contribution in [2.75, 3.05) is 13.6 Å². The Hall–Kier alpha value is -0.180. The Bertz CT molecular complexity index is 166. The summed E-state index contributed by atoms with van der Waals surface area (Å²) in [5.41, 5.74) is 0. The molecule has 0 saturated heterocycles. The maximum absolute atomic E-state index is 10.8. The third-order valence-corrected chi connectivity index (χ3v) is 3.27. The van der Waals surface area contributed by atoms with Crippen LogP contribution in [0.25, 0.3) is 0 Å². The number of hydrogen-bond acceptors (Lipinski definition) is 1. The van der Waals surface area contributed by atoms with E-state index in [1.807, 2.05) is 7.05 Å². The maximum atomic E-state index is 10.8. The molecule has 1 aliphatic carbocycles. The summed E-state index contributed by atoms with van der Waals surface area (Å²) in [7, 11) is 1.82. The van der Waals surface area contributed by atoms with E-state index in [0.717, 1.165) is 18.9 Å². The van der Waals surface area contributed by atoms with Gasteiger partial charge in [-0.05, 0) is 12.3 Å². The molecule has 0 aromatic heterocycles. The van der Waals surface area contributed by atoms with Crippen molar-refractivity contribution in [2.24, 2.45) is 5.92 Å². The van der Waals surface area contributed by atoms with Crippen LogP contribution < -0.4 is 0 Å². The van der Waals surface area contributed by atoms with Crippen LogP contribution in [0.1, 0.15) is 38.5 Å². The van der Waals surface area contributed by atoms with Gasteiger partial charge in [-0.1, -0.05) is 44.7 Å². The highest BCUT2D eigenvalue weighted by atomic mass is 32.1. The summed E-state index contributed by atoms with van der Waals surface area (Å²) in [4.78, 5) is 12.5. The number of hydrogen-bond donors (Lipinski definition) is 1. The molecule has 2 nitrogen and oxygen atoms in total. The van der Waals surface area contributed by atoms with Gasteiger partial charge in [0.05, 0.1) is 0 Å². The Balaban J connectivity index is 2.13. The first-order chi connectivity index (χ1) is 6.20. The zero-order chi connectivity index (χ0) is 9.68. The van der Waals surface area contributed by atoms with Crippen molar-refractivity contribution in [3.63, 3.8) is 0 Å². The minimum Gasteiger partial charge on any atom is -0.337 e. The number of carbonyl (C=O) groups excluding carboxylic acids is 1. The molecule has 0 radical (unpaired) electrons. The van der Waals surface area contributed by atoms with Gasteiger partial charge in [-0.3, -0.25) is 4.79 Å².